The van der Waals surface area contributed by atoms with E-state index < -0.39 is 0 Å². The predicted octanol–water partition coefficient (Wildman–Crippen LogP) is 3.94. The summed E-state index contributed by atoms with van der Waals surface area (Å²) in [5.41, 5.74) is 2.24. The van der Waals surface area contributed by atoms with Gasteiger partial charge >= 0.3 is 0 Å². The van der Waals surface area contributed by atoms with Crippen LogP contribution in [0.2, 0.25) is 5.02 Å². The lowest BCUT2D eigenvalue weighted by molar-refractivity contribution is -0.120. The number of carbonyl (C=O) groups excluding carboxylic acids is 1. The summed E-state index contributed by atoms with van der Waals surface area (Å²) in [7, 11) is 0. The molecule has 0 aliphatic rings. The van der Waals surface area contributed by atoms with E-state index in [9.17, 15) is 4.79 Å². The fourth-order valence-electron chi connectivity index (χ4n) is 2.47. The van der Waals surface area contributed by atoms with Crippen LogP contribution < -0.4 is 10.6 Å². The van der Waals surface area contributed by atoms with Gasteiger partial charge in [-0.25, -0.2) is 0 Å². The van der Waals surface area contributed by atoms with Crippen molar-refractivity contribution in [1.82, 2.24) is 10.6 Å². The third-order valence-corrected chi connectivity index (χ3v) is 3.96. The highest BCUT2D eigenvalue weighted by Gasteiger charge is 2.16. The number of amides is 1. The molecule has 0 bridgehead atoms. The molecule has 2 N–H and O–H groups in total. The van der Waals surface area contributed by atoms with Gasteiger partial charge in [0.15, 0.2) is 0 Å². The van der Waals surface area contributed by atoms with Gasteiger partial charge in [0.05, 0.1) is 6.54 Å². The highest BCUT2D eigenvalue weighted by Crippen LogP contribution is 2.22. The van der Waals surface area contributed by atoms with E-state index in [1.54, 1.807) is 0 Å². The fourth-order valence-corrected chi connectivity index (χ4v) is 2.60. The predicted molar refractivity (Wildman–Crippen MR) is 95.3 cm³/mol. The summed E-state index contributed by atoms with van der Waals surface area (Å²) in [6, 6.07) is 17.8. The number of nitrogens with one attached hydrogen (secondary N) is 2. The highest BCUT2D eigenvalue weighted by atomic mass is 35.5. The molecule has 0 aromatic heterocycles. The lowest BCUT2D eigenvalue weighted by Gasteiger charge is -2.23. The Morgan fingerprint density at radius 2 is 1.70 bits per heavy atom. The van der Waals surface area contributed by atoms with E-state index in [1.165, 1.54) is 0 Å². The average molecular weight is 331 g/mol. The largest absolute Gasteiger partial charge is 0.351 e. The number of benzene rings is 2. The molecule has 122 valence electrons. The summed E-state index contributed by atoms with van der Waals surface area (Å²) < 4.78 is 0. The second kappa shape index (κ2) is 8.70. The van der Waals surface area contributed by atoms with Crippen molar-refractivity contribution >= 4 is 17.5 Å². The molecule has 0 saturated carbocycles. The van der Waals surface area contributed by atoms with Crippen molar-refractivity contribution in [3.63, 3.8) is 0 Å². The minimum Gasteiger partial charge on any atom is -0.351 e. The molecule has 3 nitrogen and oxygen atoms in total. The molecule has 1 atom stereocenters. The molecule has 0 aliphatic carbocycles. The number of rotatable bonds is 7. The fraction of sp³-hybridized carbons (Fsp3) is 0.316. The van der Waals surface area contributed by atoms with Crippen LogP contribution in [-0.4, -0.2) is 12.5 Å². The zero-order valence-corrected chi connectivity index (χ0v) is 14.3. The van der Waals surface area contributed by atoms with Crippen molar-refractivity contribution in [3.05, 3.63) is 70.7 Å². The maximum Gasteiger partial charge on any atom is 0.234 e. The normalized spacial score (nSPS) is 12.2. The van der Waals surface area contributed by atoms with Crippen molar-refractivity contribution in [3.8, 4) is 0 Å². The molecule has 0 heterocycles. The first-order valence-electron chi connectivity index (χ1n) is 7.85. The third kappa shape index (κ3) is 5.70. The van der Waals surface area contributed by atoms with Gasteiger partial charge in [-0.05, 0) is 29.2 Å². The molecule has 1 unspecified atom stereocenters. The second-order valence-corrected chi connectivity index (χ2v) is 6.35. The quantitative estimate of drug-likeness (QED) is 0.807. The van der Waals surface area contributed by atoms with Crippen LogP contribution in [0.3, 0.4) is 0 Å². The average Bonchev–Trinajstić information content (AvgIpc) is 2.55. The summed E-state index contributed by atoms with van der Waals surface area (Å²) in [6.45, 7) is 5.11. The first-order chi connectivity index (χ1) is 11.1. The first-order valence-corrected chi connectivity index (χ1v) is 8.23. The molecule has 0 aliphatic heterocycles. The van der Waals surface area contributed by atoms with E-state index >= 15 is 0 Å². The Hall–Kier alpha value is -1.84. The molecule has 2 aromatic rings. The summed E-state index contributed by atoms with van der Waals surface area (Å²) in [5, 5.41) is 6.99. The van der Waals surface area contributed by atoms with E-state index in [2.05, 4.69) is 24.5 Å². The summed E-state index contributed by atoms with van der Waals surface area (Å²) >= 11 is 5.94. The van der Waals surface area contributed by atoms with E-state index in [4.69, 9.17) is 11.6 Å². The Bertz CT molecular complexity index is 611. The molecular formula is C19H23ClN2O. The zero-order chi connectivity index (χ0) is 16.7. The smallest absolute Gasteiger partial charge is 0.234 e. The maximum absolute atomic E-state index is 12.0. The van der Waals surface area contributed by atoms with Crippen LogP contribution in [0.5, 0.6) is 0 Å². The van der Waals surface area contributed by atoms with Crippen LogP contribution in [-0.2, 0) is 11.3 Å². The van der Waals surface area contributed by atoms with Gasteiger partial charge in [-0.3, -0.25) is 4.79 Å². The van der Waals surface area contributed by atoms with Crippen LogP contribution in [0.4, 0.5) is 0 Å². The van der Waals surface area contributed by atoms with E-state index in [0.29, 0.717) is 12.5 Å². The number of hydrogen-bond acceptors (Lipinski definition) is 2. The summed E-state index contributed by atoms with van der Waals surface area (Å²) in [4.78, 5) is 12.0. The molecule has 2 aromatic carbocycles. The van der Waals surface area contributed by atoms with Gasteiger partial charge in [-0.1, -0.05) is 67.9 Å². The summed E-state index contributed by atoms with van der Waals surface area (Å²) in [6.07, 6.45) is 0. The van der Waals surface area contributed by atoms with Crippen molar-refractivity contribution in [2.24, 2.45) is 5.92 Å². The van der Waals surface area contributed by atoms with E-state index in [0.717, 1.165) is 16.1 Å². The monoisotopic (exact) mass is 330 g/mol. The van der Waals surface area contributed by atoms with Crippen LogP contribution >= 0.6 is 11.6 Å². The van der Waals surface area contributed by atoms with Crippen LogP contribution in [0, 0.1) is 5.92 Å². The number of hydrogen-bond donors (Lipinski definition) is 2. The minimum atomic E-state index is -0.00605. The molecular weight excluding hydrogens is 308 g/mol. The van der Waals surface area contributed by atoms with E-state index in [-0.39, 0.29) is 18.5 Å². The van der Waals surface area contributed by atoms with Gasteiger partial charge in [0.1, 0.15) is 0 Å². The highest BCUT2D eigenvalue weighted by molar-refractivity contribution is 6.30. The zero-order valence-electron chi connectivity index (χ0n) is 13.6. The molecule has 23 heavy (non-hydrogen) atoms. The van der Waals surface area contributed by atoms with Crippen molar-refractivity contribution in [2.75, 3.05) is 6.54 Å². The second-order valence-electron chi connectivity index (χ2n) is 5.92. The standard InChI is InChI=1S/C19H23ClN2O/c1-14(2)19(16-8-10-17(20)11-9-16)22-13-18(23)21-12-15-6-4-3-5-7-15/h3-11,14,19,22H,12-13H2,1-2H3,(H,21,23). The Labute approximate surface area is 143 Å². The van der Waals surface area contributed by atoms with Crippen molar-refractivity contribution in [1.29, 1.82) is 0 Å². The first kappa shape index (κ1) is 17.5. The Morgan fingerprint density at radius 3 is 2.30 bits per heavy atom. The summed E-state index contributed by atoms with van der Waals surface area (Å²) in [5.74, 6) is 0.367. The SMILES string of the molecule is CC(C)C(NCC(=O)NCc1ccccc1)c1ccc(Cl)cc1. The van der Waals surface area contributed by atoms with Gasteiger partial charge < -0.3 is 10.6 Å². The third-order valence-electron chi connectivity index (χ3n) is 3.71. The molecule has 0 fully saturated rings. The number of carbonyl (C=O) groups is 1. The minimum absolute atomic E-state index is 0.00605. The molecule has 4 heteroatoms. The van der Waals surface area contributed by atoms with Crippen LogP contribution in [0.1, 0.15) is 31.0 Å². The Kier molecular flexibility index (Phi) is 6.63. The van der Waals surface area contributed by atoms with Gasteiger partial charge in [-0.2, -0.15) is 0 Å². The molecule has 0 saturated heterocycles. The van der Waals surface area contributed by atoms with Gasteiger partial charge in [0.25, 0.3) is 0 Å². The van der Waals surface area contributed by atoms with Gasteiger partial charge in [-0.15, -0.1) is 0 Å². The molecule has 1 amide bonds. The Balaban J connectivity index is 1.86. The lowest BCUT2D eigenvalue weighted by atomic mass is 9.96. The molecule has 0 radical (unpaired) electrons. The van der Waals surface area contributed by atoms with Crippen molar-refractivity contribution < 1.29 is 4.79 Å². The Morgan fingerprint density at radius 1 is 1.04 bits per heavy atom. The van der Waals surface area contributed by atoms with E-state index in [1.807, 2.05) is 54.6 Å². The molecule has 0 spiro atoms. The van der Waals surface area contributed by atoms with Crippen LogP contribution in [0.15, 0.2) is 54.6 Å². The van der Waals surface area contributed by atoms with Crippen molar-refractivity contribution in [2.45, 2.75) is 26.4 Å². The van der Waals surface area contributed by atoms with Gasteiger partial charge in [0.2, 0.25) is 5.91 Å². The molecule has 2 rings (SSSR count). The topological polar surface area (TPSA) is 41.1 Å². The van der Waals surface area contributed by atoms with Crippen LogP contribution in [0.25, 0.3) is 0 Å². The lowest BCUT2D eigenvalue weighted by Crippen LogP contribution is -2.37. The van der Waals surface area contributed by atoms with Gasteiger partial charge in [0, 0.05) is 17.6 Å². The maximum atomic E-state index is 12.0. The number of halogens is 1.